The molecule has 2 aromatic rings. The lowest BCUT2D eigenvalue weighted by Gasteiger charge is -2.19. The summed E-state index contributed by atoms with van der Waals surface area (Å²) in [5.74, 6) is 1.36. The second-order valence-electron chi connectivity index (χ2n) is 6.89. The van der Waals surface area contributed by atoms with E-state index in [0.717, 1.165) is 35.4 Å². The smallest absolute Gasteiger partial charge is 0.242 e. The first-order valence-corrected chi connectivity index (χ1v) is 10.7. The molecule has 6 heteroatoms. The van der Waals surface area contributed by atoms with Gasteiger partial charge in [0.2, 0.25) is 11.8 Å². The Morgan fingerprint density at radius 1 is 1.15 bits per heavy atom. The van der Waals surface area contributed by atoms with Crippen LogP contribution in [0.1, 0.15) is 34.6 Å². The van der Waals surface area contributed by atoms with Gasteiger partial charge in [-0.15, -0.1) is 11.8 Å². The van der Waals surface area contributed by atoms with E-state index in [1.807, 2.05) is 53.8 Å². The van der Waals surface area contributed by atoms with E-state index >= 15 is 0 Å². The largest absolute Gasteiger partial charge is 0.342 e. The van der Waals surface area contributed by atoms with E-state index in [-0.39, 0.29) is 23.0 Å². The molecule has 1 aromatic carbocycles. The average Bonchev–Trinajstić information content (AvgIpc) is 3.02. The van der Waals surface area contributed by atoms with E-state index in [1.165, 1.54) is 0 Å². The number of nitrogens with zero attached hydrogens (tertiary/aromatic N) is 2. The maximum absolute atomic E-state index is 12.6. The van der Waals surface area contributed by atoms with Crippen molar-refractivity contribution in [1.82, 2.24) is 9.47 Å². The van der Waals surface area contributed by atoms with Gasteiger partial charge in [-0.25, -0.2) is 0 Å². The molecule has 1 unspecified atom stereocenters. The highest BCUT2D eigenvalue weighted by Gasteiger charge is 2.22. The molecule has 0 spiro atoms. The molecule has 0 aliphatic carbocycles. The number of anilines is 1. The highest BCUT2D eigenvalue weighted by molar-refractivity contribution is 8.00. The van der Waals surface area contributed by atoms with Crippen molar-refractivity contribution in [3.63, 3.8) is 0 Å². The number of likely N-dealkylation sites (N-methyl/N-ethyl adjacent to an activating group) is 1. The van der Waals surface area contributed by atoms with Crippen molar-refractivity contribution in [2.45, 2.75) is 46.4 Å². The number of amides is 2. The molecule has 0 aliphatic heterocycles. The molecule has 27 heavy (non-hydrogen) atoms. The minimum Gasteiger partial charge on any atom is -0.342 e. The molecule has 0 aliphatic rings. The van der Waals surface area contributed by atoms with Gasteiger partial charge in [0.25, 0.3) is 0 Å². The first-order valence-electron chi connectivity index (χ1n) is 9.70. The molecular weight excluding hydrogens is 358 g/mol. The molecule has 0 fully saturated rings. The molecule has 0 radical (unpaired) electrons. The number of benzene rings is 1. The third-order valence-electron chi connectivity index (χ3n) is 4.67. The zero-order valence-corrected chi connectivity index (χ0v) is 17.8. The number of nitrogens with one attached hydrogen (secondary N) is 1. The van der Waals surface area contributed by atoms with Gasteiger partial charge >= 0.3 is 0 Å². The van der Waals surface area contributed by atoms with Crippen molar-refractivity contribution >= 4 is 40.2 Å². The number of carbonyl (C=O) groups excluding carboxylic acids is 2. The zero-order chi connectivity index (χ0) is 20.0. The van der Waals surface area contributed by atoms with E-state index in [4.69, 9.17) is 0 Å². The van der Waals surface area contributed by atoms with E-state index in [9.17, 15) is 9.59 Å². The van der Waals surface area contributed by atoms with Crippen LogP contribution in [0, 0.1) is 5.92 Å². The number of fused-ring (bicyclic) bond motifs is 1. The number of hydrogen-bond acceptors (Lipinski definition) is 3. The highest BCUT2D eigenvalue weighted by atomic mass is 32.2. The van der Waals surface area contributed by atoms with Crippen LogP contribution in [0.15, 0.2) is 30.5 Å². The summed E-state index contributed by atoms with van der Waals surface area (Å²) in [4.78, 5) is 26.8. The van der Waals surface area contributed by atoms with E-state index in [1.54, 1.807) is 11.8 Å². The number of carbonyl (C=O) groups is 2. The third-order valence-corrected chi connectivity index (χ3v) is 6.12. The molecule has 0 saturated carbocycles. The third kappa shape index (κ3) is 5.28. The van der Waals surface area contributed by atoms with E-state index in [0.29, 0.717) is 6.54 Å². The predicted octanol–water partition coefficient (Wildman–Crippen LogP) is 4.23. The Morgan fingerprint density at radius 2 is 1.85 bits per heavy atom. The van der Waals surface area contributed by atoms with Crippen molar-refractivity contribution in [3.8, 4) is 0 Å². The monoisotopic (exact) mass is 389 g/mol. The lowest BCUT2D eigenvalue weighted by Crippen LogP contribution is -2.33. The summed E-state index contributed by atoms with van der Waals surface area (Å²) in [6.07, 6.45) is 1.93. The molecular formula is C21H31N3O2S. The number of thioether (sulfide) groups is 1. The molecule has 0 saturated heterocycles. The lowest BCUT2D eigenvalue weighted by molar-refractivity contribution is -0.131. The molecule has 1 aromatic heterocycles. The maximum atomic E-state index is 12.6. The highest BCUT2D eigenvalue weighted by Crippen LogP contribution is 2.24. The van der Waals surface area contributed by atoms with Crippen molar-refractivity contribution in [2.24, 2.45) is 5.92 Å². The average molecular weight is 390 g/mol. The first kappa shape index (κ1) is 21.4. The molecule has 2 rings (SSSR count). The summed E-state index contributed by atoms with van der Waals surface area (Å²) >= 11 is 1.68. The number of aromatic nitrogens is 1. The maximum Gasteiger partial charge on any atom is 0.242 e. The van der Waals surface area contributed by atoms with Gasteiger partial charge in [-0.2, -0.15) is 0 Å². The van der Waals surface area contributed by atoms with Crippen LogP contribution in [0.3, 0.4) is 0 Å². The summed E-state index contributed by atoms with van der Waals surface area (Å²) in [6, 6.07) is 7.84. The minimum absolute atomic E-state index is 0.0485. The fourth-order valence-electron chi connectivity index (χ4n) is 3.20. The minimum atomic E-state index is -0.0537. The summed E-state index contributed by atoms with van der Waals surface area (Å²) in [5.41, 5.74) is 1.79. The van der Waals surface area contributed by atoms with Gasteiger partial charge in [0.1, 0.15) is 6.54 Å². The molecule has 0 bridgehead atoms. The Balaban J connectivity index is 2.15. The van der Waals surface area contributed by atoms with Crippen molar-refractivity contribution < 1.29 is 9.59 Å². The van der Waals surface area contributed by atoms with Crippen LogP contribution in [0.25, 0.3) is 10.9 Å². The number of rotatable bonds is 9. The van der Waals surface area contributed by atoms with Crippen LogP contribution in [-0.4, -0.2) is 45.4 Å². The van der Waals surface area contributed by atoms with Gasteiger partial charge in [-0.05, 0) is 49.8 Å². The molecule has 1 heterocycles. The summed E-state index contributed by atoms with van der Waals surface area (Å²) in [7, 11) is 0. The van der Waals surface area contributed by atoms with Gasteiger partial charge in [-0.1, -0.05) is 20.8 Å². The Bertz CT molecular complexity index is 781. The second kappa shape index (κ2) is 9.83. The Hall–Kier alpha value is -1.95. The van der Waals surface area contributed by atoms with Crippen molar-refractivity contribution in [2.75, 3.05) is 24.2 Å². The van der Waals surface area contributed by atoms with Crippen LogP contribution in [-0.2, 0) is 16.1 Å². The molecule has 1 atom stereocenters. The topological polar surface area (TPSA) is 54.3 Å². The van der Waals surface area contributed by atoms with Crippen LogP contribution in [0.4, 0.5) is 5.69 Å². The van der Waals surface area contributed by atoms with Crippen LogP contribution in [0.2, 0.25) is 0 Å². The molecule has 5 nitrogen and oxygen atoms in total. The molecule has 1 N–H and O–H groups in total. The fourth-order valence-corrected chi connectivity index (χ4v) is 4.16. The Kier molecular flexibility index (Phi) is 7.78. The normalized spacial score (nSPS) is 12.4. The van der Waals surface area contributed by atoms with Crippen LogP contribution in [0.5, 0.6) is 0 Å². The van der Waals surface area contributed by atoms with Crippen LogP contribution >= 0.6 is 11.8 Å². The van der Waals surface area contributed by atoms with Gasteiger partial charge < -0.3 is 14.8 Å². The van der Waals surface area contributed by atoms with Gasteiger partial charge in [-0.3, -0.25) is 9.59 Å². The molecule has 2 amide bonds. The van der Waals surface area contributed by atoms with Crippen LogP contribution < -0.4 is 5.32 Å². The summed E-state index contributed by atoms with van der Waals surface area (Å²) in [6.45, 7) is 12.0. The quantitative estimate of drug-likeness (QED) is 0.698. The fraction of sp³-hybridized carbons (Fsp3) is 0.524. The zero-order valence-electron chi connectivity index (χ0n) is 17.0. The van der Waals surface area contributed by atoms with Crippen molar-refractivity contribution in [1.29, 1.82) is 0 Å². The standard InChI is InChI=1S/C21H31N3O2S/c1-6-23(7-2)19(25)14-24-12-11-16-13-17(9-10-18(16)24)22-21(26)20(15(4)5)27-8-3/h9-13,15,20H,6-8,14H2,1-5H3,(H,22,26). The van der Waals surface area contributed by atoms with Gasteiger partial charge in [0.05, 0.1) is 5.25 Å². The first-order chi connectivity index (χ1) is 12.9. The van der Waals surface area contributed by atoms with Crippen molar-refractivity contribution in [3.05, 3.63) is 30.5 Å². The summed E-state index contributed by atoms with van der Waals surface area (Å²) in [5, 5.41) is 4.01. The Morgan fingerprint density at radius 3 is 2.44 bits per heavy atom. The summed E-state index contributed by atoms with van der Waals surface area (Å²) < 4.78 is 1.96. The van der Waals surface area contributed by atoms with E-state index in [2.05, 4.69) is 26.1 Å². The number of hydrogen-bond donors (Lipinski definition) is 1. The predicted molar refractivity (Wildman–Crippen MR) is 115 cm³/mol. The lowest BCUT2D eigenvalue weighted by atomic mass is 10.1. The Labute approximate surface area is 166 Å². The SMILES string of the molecule is CCSC(C(=O)Nc1ccc2c(ccn2CC(=O)N(CC)CC)c1)C(C)C. The van der Waals surface area contributed by atoms with Gasteiger partial charge in [0, 0.05) is 35.9 Å². The second-order valence-corrected chi connectivity index (χ2v) is 8.31. The van der Waals surface area contributed by atoms with E-state index < -0.39 is 0 Å². The molecule has 148 valence electrons. The van der Waals surface area contributed by atoms with Gasteiger partial charge in [0.15, 0.2) is 0 Å².